The zero-order valence-electron chi connectivity index (χ0n) is 21.5. The Morgan fingerprint density at radius 2 is 1.62 bits per heavy atom. The van der Waals surface area contributed by atoms with Crippen molar-refractivity contribution in [3.8, 4) is 0 Å². The molecule has 1 amide bonds. The average molecular weight is 569 g/mol. The fourth-order valence-electron chi connectivity index (χ4n) is 6.11. The van der Waals surface area contributed by atoms with Crippen molar-refractivity contribution in [3.05, 3.63) is 88.5 Å². The second-order valence-electron chi connectivity index (χ2n) is 10.6. The molecule has 2 aliphatic heterocycles. The predicted octanol–water partition coefficient (Wildman–Crippen LogP) is 7.54. The Bertz CT molecular complexity index is 1290. The molecule has 40 heavy (non-hydrogen) atoms. The third-order valence-electron chi connectivity index (χ3n) is 8.05. The summed E-state index contributed by atoms with van der Waals surface area (Å²) in [6, 6.07) is 4.79. The molecule has 214 valence electrons. The Morgan fingerprint density at radius 1 is 0.975 bits per heavy atom. The number of benzene rings is 1. The second-order valence-corrected chi connectivity index (χ2v) is 10.6. The lowest BCUT2D eigenvalue weighted by Gasteiger charge is -2.38. The van der Waals surface area contributed by atoms with Crippen LogP contribution in [0.25, 0.3) is 0 Å². The van der Waals surface area contributed by atoms with Gasteiger partial charge >= 0.3 is 12.4 Å². The summed E-state index contributed by atoms with van der Waals surface area (Å²) in [4.78, 5) is 19.0. The molecule has 2 fully saturated rings. The highest BCUT2D eigenvalue weighted by Crippen LogP contribution is 2.46. The number of alkyl halides is 6. The number of halogens is 7. The van der Waals surface area contributed by atoms with E-state index in [-0.39, 0.29) is 54.7 Å². The first-order valence-electron chi connectivity index (χ1n) is 13.0. The maximum Gasteiger partial charge on any atom is 0.416 e. The third-order valence-corrected chi connectivity index (χ3v) is 8.05. The highest BCUT2D eigenvalue weighted by molar-refractivity contribution is 5.79. The molecule has 0 bridgehead atoms. The second kappa shape index (κ2) is 10.6. The molecule has 0 radical (unpaired) electrons. The van der Waals surface area contributed by atoms with Crippen LogP contribution in [0.3, 0.4) is 0 Å². The van der Waals surface area contributed by atoms with Crippen LogP contribution in [0.4, 0.5) is 30.7 Å². The van der Waals surface area contributed by atoms with E-state index in [1.807, 2.05) is 12.1 Å². The van der Waals surface area contributed by atoms with E-state index < -0.39 is 41.6 Å². The molecule has 0 spiro atoms. The summed E-state index contributed by atoms with van der Waals surface area (Å²) < 4.78 is 101. The number of ether oxygens (including phenoxy) is 1. The van der Waals surface area contributed by atoms with E-state index in [0.717, 1.165) is 11.1 Å². The Balaban J connectivity index is 1.47. The van der Waals surface area contributed by atoms with Gasteiger partial charge in [-0.15, -0.1) is 0 Å². The minimum absolute atomic E-state index is 0.0838. The van der Waals surface area contributed by atoms with Gasteiger partial charge in [-0.1, -0.05) is 11.6 Å². The third kappa shape index (κ3) is 5.80. The van der Waals surface area contributed by atoms with E-state index in [2.05, 4.69) is 4.98 Å². The molecule has 11 heteroatoms. The number of carbonyl (C=O) groups is 1. The van der Waals surface area contributed by atoms with Crippen molar-refractivity contribution in [3.63, 3.8) is 0 Å². The first-order valence-corrected chi connectivity index (χ1v) is 13.0. The lowest BCUT2D eigenvalue weighted by molar-refractivity contribution is -0.143. The number of rotatable bonds is 5. The molecule has 5 rings (SSSR count). The van der Waals surface area contributed by atoms with E-state index in [9.17, 15) is 35.5 Å². The van der Waals surface area contributed by atoms with Crippen LogP contribution in [0.2, 0.25) is 0 Å². The van der Waals surface area contributed by atoms with Crippen molar-refractivity contribution in [2.45, 2.75) is 69.1 Å². The monoisotopic (exact) mass is 568 g/mol. The lowest BCUT2D eigenvalue weighted by atomic mass is 9.77. The number of nitrogens with zero attached hydrogens (tertiary/aromatic N) is 2. The van der Waals surface area contributed by atoms with E-state index in [4.69, 9.17) is 4.74 Å². The summed E-state index contributed by atoms with van der Waals surface area (Å²) >= 11 is 0. The summed E-state index contributed by atoms with van der Waals surface area (Å²) in [5, 5.41) is 0. The standard InChI is InChI=1S/C29H27F7N2O2/c1-16(19-10-21(28(31,32)33)14-22(11-19)29(34,35)36)40-25-15-38-24(27(25)18-2-4-23(30)5-3-18)12-20(13-26(38)39)17-6-8-37-9-7-17/h2,4,6-11,14,16,20,24-25,27H,3,5,12-13,15H2,1H3/t16-,20?,24?,25+,27?/m1/s1. The smallest absolute Gasteiger partial charge is 0.368 e. The van der Waals surface area contributed by atoms with Crippen LogP contribution in [0.15, 0.2) is 66.3 Å². The maximum atomic E-state index is 13.9. The van der Waals surface area contributed by atoms with Crippen molar-refractivity contribution < 1.29 is 40.3 Å². The molecular formula is C29H27F7N2O2. The molecule has 2 aromatic rings. The first kappa shape index (κ1) is 28.3. The molecule has 1 aromatic heterocycles. The Hall–Kier alpha value is -3.21. The predicted molar refractivity (Wildman–Crippen MR) is 131 cm³/mol. The normalized spacial score (nSPS) is 26.3. The van der Waals surface area contributed by atoms with Crippen LogP contribution in [-0.4, -0.2) is 34.5 Å². The van der Waals surface area contributed by atoms with Crippen molar-refractivity contribution in [2.75, 3.05) is 6.54 Å². The largest absolute Gasteiger partial charge is 0.416 e. The van der Waals surface area contributed by atoms with Crippen LogP contribution in [-0.2, 0) is 21.9 Å². The molecule has 5 atom stereocenters. The summed E-state index contributed by atoms with van der Waals surface area (Å²) in [5.74, 6) is -0.890. The topological polar surface area (TPSA) is 42.4 Å². The highest BCUT2D eigenvalue weighted by atomic mass is 19.4. The summed E-state index contributed by atoms with van der Waals surface area (Å²) in [7, 11) is 0. The fourth-order valence-corrected chi connectivity index (χ4v) is 6.11. The number of allylic oxidation sites excluding steroid dienone is 3. The lowest BCUT2D eigenvalue weighted by Crippen LogP contribution is -2.44. The number of hydrogen-bond acceptors (Lipinski definition) is 3. The number of carbonyl (C=O) groups excluding carboxylic acids is 1. The van der Waals surface area contributed by atoms with Crippen LogP contribution in [0, 0.1) is 5.92 Å². The highest BCUT2D eigenvalue weighted by Gasteiger charge is 2.50. The van der Waals surface area contributed by atoms with Crippen molar-refractivity contribution in [1.82, 2.24) is 9.88 Å². The molecule has 1 aliphatic carbocycles. The van der Waals surface area contributed by atoms with Crippen molar-refractivity contribution >= 4 is 5.91 Å². The van der Waals surface area contributed by atoms with E-state index in [1.165, 1.54) is 13.0 Å². The molecule has 0 N–H and O–H groups in total. The average Bonchev–Trinajstić information content (AvgIpc) is 3.26. The van der Waals surface area contributed by atoms with Gasteiger partial charge in [-0.2, -0.15) is 26.3 Å². The van der Waals surface area contributed by atoms with Gasteiger partial charge in [0.15, 0.2) is 0 Å². The van der Waals surface area contributed by atoms with Crippen LogP contribution in [0.1, 0.15) is 66.9 Å². The number of hydrogen-bond donors (Lipinski definition) is 0. The van der Waals surface area contributed by atoms with Gasteiger partial charge in [0.1, 0.15) is 5.83 Å². The molecule has 1 aromatic carbocycles. The van der Waals surface area contributed by atoms with Gasteiger partial charge in [0.2, 0.25) is 5.91 Å². The van der Waals surface area contributed by atoms with E-state index in [1.54, 1.807) is 23.4 Å². The molecule has 2 saturated heterocycles. The van der Waals surface area contributed by atoms with Crippen LogP contribution in [0.5, 0.6) is 0 Å². The Labute approximate surface area is 226 Å². The molecule has 3 unspecified atom stereocenters. The van der Waals surface area contributed by atoms with E-state index in [0.29, 0.717) is 25.0 Å². The van der Waals surface area contributed by atoms with Crippen LogP contribution >= 0.6 is 0 Å². The summed E-state index contributed by atoms with van der Waals surface area (Å²) in [6.45, 7) is 1.54. The zero-order chi connectivity index (χ0) is 28.8. The first-order chi connectivity index (χ1) is 18.8. The Kier molecular flexibility index (Phi) is 7.54. The molecule has 3 heterocycles. The quantitative estimate of drug-likeness (QED) is 0.350. The van der Waals surface area contributed by atoms with Crippen molar-refractivity contribution in [2.24, 2.45) is 5.92 Å². The van der Waals surface area contributed by atoms with Gasteiger partial charge in [0.25, 0.3) is 0 Å². The minimum Gasteiger partial charge on any atom is -0.368 e. The van der Waals surface area contributed by atoms with E-state index >= 15 is 0 Å². The van der Waals surface area contributed by atoms with Crippen molar-refractivity contribution in [1.29, 1.82) is 0 Å². The van der Waals surface area contributed by atoms with Gasteiger partial charge in [0, 0.05) is 43.7 Å². The SMILES string of the molecule is C[C@@H](O[C@H]1CN2C(=O)CC(c3ccncc3)CC2C1C1=CC=C(F)CC1)c1cc(C(F)(F)F)cc(C(F)(F)F)c1. The van der Waals surface area contributed by atoms with Crippen LogP contribution < -0.4 is 0 Å². The number of piperidine rings is 1. The van der Waals surface area contributed by atoms with Gasteiger partial charge < -0.3 is 9.64 Å². The van der Waals surface area contributed by atoms with Gasteiger partial charge in [-0.3, -0.25) is 9.78 Å². The molecule has 3 aliphatic rings. The molecule has 4 nitrogen and oxygen atoms in total. The number of amides is 1. The zero-order valence-corrected chi connectivity index (χ0v) is 21.5. The van der Waals surface area contributed by atoms with Gasteiger partial charge in [0.05, 0.1) is 23.3 Å². The summed E-state index contributed by atoms with van der Waals surface area (Å²) in [5.41, 5.74) is -1.31. The maximum absolute atomic E-state index is 13.9. The number of aromatic nitrogens is 1. The fraction of sp³-hybridized carbons (Fsp3) is 0.448. The minimum atomic E-state index is -4.98. The Morgan fingerprint density at radius 3 is 2.20 bits per heavy atom. The molecular weight excluding hydrogens is 541 g/mol. The number of pyridine rings is 1. The van der Waals surface area contributed by atoms with Gasteiger partial charge in [-0.05, 0) is 73.2 Å². The van der Waals surface area contributed by atoms with Gasteiger partial charge in [-0.25, -0.2) is 4.39 Å². The number of fused-ring (bicyclic) bond motifs is 1. The summed E-state index contributed by atoms with van der Waals surface area (Å²) in [6.07, 6.45) is -4.12. The molecule has 0 saturated carbocycles.